The molecule has 0 bridgehead atoms. The molecule has 0 atom stereocenters. The monoisotopic (exact) mass is 422 g/mol. The minimum absolute atomic E-state index is 0.105. The molecule has 1 aromatic carbocycles. The molecule has 9 heteroatoms. The topological polar surface area (TPSA) is 96.6 Å². The normalized spacial score (nSPS) is 14.1. The van der Waals surface area contributed by atoms with Crippen molar-refractivity contribution in [3.8, 4) is 17.1 Å². The number of nitrogens with zero attached hydrogens (tertiary/aromatic N) is 5. The molecule has 2 aromatic heterocycles. The summed E-state index contributed by atoms with van der Waals surface area (Å²) in [6.45, 7) is 6.68. The van der Waals surface area contributed by atoms with Crippen LogP contribution in [-0.2, 0) is 0 Å². The number of rotatable bonds is 5. The van der Waals surface area contributed by atoms with Gasteiger partial charge >= 0.3 is 6.03 Å². The van der Waals surface area contributed by atoms with Crippen LogP contribution in [0.2, 0.25) is 0 Å². The number of urea groups is 1. The molecule has 0 saturated carbocycles. The first-order valence-electron chi connectivity index (χ1n) is 10.3. The van der Waals surface area contributed by atoms with Crippen molar-refractivity contribution in [1.29, 1.82) is 0 Å². The first-order valence-corrected chi connectivity index (χ1v) is 10.3. The number of aromatic nitrogens is 3. The quantitative estimate of drug-likeness (QED) is 0.671. The Morgan fingerprint density at radius 1 is 1.10 bits per heavy atom. The Bertz CT molecular complexity index is 1010. The number of amides is 2. The van der Waals surface area contributed by atoms with Crippen molar-refractivity contribution in [2.45, 2.75) is 19.8 Å². The van der Waals surface area contributed by atoms with Crippen molar-refractivity contribution in [3.05, 3.63) is 48.5 Å². The highest BCUT2D eigenvalue weighted by Gasteiger charge is 2.22. The summed E-state index contributed by atoms with van der Waals surface area (Å²) in [6, 6.07) is 11.1. The number of benzene rings is 1. The summed E-state index contributed by atoms with van der Waals surface area (Å²) in [5, 5.41) is 6.95. The summed E-state index contributed by atoms with van der Waals surface area (Å²) in [6.07, 6.45) is 1.76. The van der Waals surface area contributed by atoms with Gasteiger partial charge in [-0.1, -0.05) is 19.0 Å². The molecule has 3 aromatic rings. The third kappa shape index (κ3) is 4.76. The van der Waals surface area contributed by atoms with Gasteiger partial charge in [0, 0.05) is 49.5 Å². The predicted octanol–water partition coefficient (Wildman–Crippen LogP) is 3.62. The van der Waals surface area contributed by atoms with Crippen LogP contribution in [-0.4, -0.2) is 59.3 Å². The molecule has 9 nitrogen and oxygen atoms in total. The molecule has 0 unspecified atom stereocenters. The second-order valence-electron chi connectivity index (χ2n) is 7.65. The highest BCUT2D eigenvalue weighted by Crippen LogP contribution is 2.22. The second kappa shape index (κ2) is 9.03. The molecule has 4 rings (SSSR count). The van der Waals surface area contributed by atoms with E-state index in [0.717, 1.165) is 22.8 Å². The van der Waals surface area contributed by atoms with E-state index >= 15 is 0 Å². The Morgan fingerprint density at radius 2 is 1.84 bits per heavy atom. The first-order chi connectivity index (χ1) is 15.0. The van der Waals surface area contributed by atoms with Crippen molar-refractivity contribution >= 4 is 17.5 Å². The van der Waals surface area contributed by atoms with Crippen molar-refractivity contribution in [3.63, 3.8) is 0 Å². The van der Waals surface area contributed by atoms with Crippen molar-refractivity contribution in [2.75, 3.05) is 43.5 Å². The lowest BCUT2D eigenvalue weighted by Crippen LogP contribution is -2.50. The molecule has 2 amide bonds. The molecule has 1 N–H and O–H groups in total. The molecule has 0 aliphatic carbocycles. The highest BCUT2D eigenvalue weighted by atomic mass is 16.5. The smallest absolute Gasteiger partial charge is 0.321 e. The van der Waals surface area contributed by atoms with Gasteiger partial charge in [0.25, 0.3) is 0 Å². The maximum Gasteiger partial charge on any atom is 0.321 e. The van der Waals surface area contributed by atoms with Gasteiger partial charge in [-0.3, -0.25) is 0 Å². The fourth-order valence-electron chi connectivity index (χ4n) is 3.31. The summed E-state index contributed by atoms with van der Waals surface area (Å²) < 4.78 is 10.4. The zero-order valence-corrected chi connectivity index (χ0v) is 17.9. The fraction of sp³-hybridized carbons (Fsp3) is 0.364. The minimum atomic E-state index is -0.105. The average Bonchev–Trinajstić information content (AvgIpc) is 3.31. The van der Waals surface area contributed by atoms with Crippen LogP contribution >= 0.6 is 0 Å². The summed E-state index contributed by atoms with van der Waals surface area (Å²) in [7, 11) is 1.61. The Kier molecular flexibility index (Phi) is 6.01. The van der Waals surface area contributed by atoms with Crippen LogP contribution in [0.4, 0.5) is 16.3 Å². The predicted molar refractivity (Wildman–Crippen MR) is 117 cm³/mol. The number of anilines is 2. The molecule has 1 saturated heterocycles. The van der Waals surface area contributed by atoms with Crippen LogP contribution in [0.3, 0.4) is 0 Å². The van der Waals surface area contributed by atoms with E-state index in [2.05, 4.69) is 25.3 Å². The Labute approximate surface area is 181 Å². The van der Waals surface area contributed by atoms with Crippen LogP contribution in [0.5, 0.6) is 5.75 Å². The molecule has 162 valence electrons. The van der Waals surface area contributed by atoms with Crippen LogP contribution in [0, 0.1) is 0 Å². The number of pyridine rings is 1. The molecule has 1 aliphatic rings. The number of hydrogen-bond donors (Lipinski definition) is 1. The maximum absolute atomic E-state index is 12.5. The van der Waals surface area contributed by atoms with Gasteiger partial charge in [0.2, 0.25) is 11.7 Å². The molecule has 0 spiro atoms. The molecule has 1 fully saturated rings. The molecule has 0 radical (unpaired) electrons. The Hall–Kier alpha value is -3.62. The number of methoxy groups -OCH3 is 1. The van der Waals surface area contributed by atoms with Crippen molar-refractivity contribution in [1.82, 2.24) is 20.0 Å². The lowest BCUT2D eigenvalue weighted by molar-refractivity contribution is 0.208. The average molecular weight is 422 g/mol. The van der Waals surface area contributed by atoms with Crippen LogP contribution in [0.25, 0.3) is 11.4 Å². The third-order valence-electron chi connectivity index (χ3n) is 5.17. The van der Waals surface area contributed by atoms with E-state index < -0.39 is 0 Å². The number of carbonyl (C=O) groups is 1. The number of ether oxygens (including phenoxy) is 1. The van der Waals surface area contributed by atoms with Crippen LogP contribution in [0.15, 0.2) is 47.1 Å². The zero-order valence-electron chi connectivity index (χ0n) is 17.9. The highest BCUT2D eigenvalue weighted by molar-refractivity contribution is 5.89. The van der Waals surface area contributed by atoms with Crippen molar-refractivity contribution in [2.24, 2.45) is 0 Å². The summed E-state index contributed by atoms with van der Waals surface area (Å²) in [5.41, 5.74) is 1.56. The van der Waals surface area contributed by atoms with E-state index in [1.54, 1.807) is 13.3 Å². The second-order valence-corrected chi connectivity index (χ2v) is 7.65. The van der Waals surface area contributed by atoms with E-state index in [4.69, 9.17) is 9.26 Å². The zero-order chi connectivity index (χ0) is 21.8. The van der Waals surface area contributed by atoms with Gasteiger partial charge in [0.05, 0.1) is 7.11 Å². The van der Waals surface area contributed by atoms with Crippen LogP contribution in [0.1, 0.15) is 25.7 Å². The first kappa shape index (κ1) is 20.6. The van der Waals surface area contributed by atoms with E-state index in [1.165, 1.54) is 0 Å². The third-order valence-corrected chi connectivity index (χ3v) is 5.17. The summed E-state index contributed by atoms with van der Waals surface area (Å²) in [5.74, 6) is 2.97. The van der Waals surface area contributed by atoms with Gasteiger partial charge in [0.15, 0.2) is 0 Å². The van der Waals surface area contributed by atoms with E-state index in [1.807, 2.05) is 55.1 Å². The van der Waals surface area contributed by atoms with E-state index in [-0.39, 0.29) is 11.9 Å². The number of carbonyl (C=O) groups excluding carboxylic acids is 1. The molecule has 3 heterocycles. The lowest BCUT2D eigenvalue weighted by Gasteiger charge is -2.35. The van der Waals surface area contributed by atoms with E-state index in [9.17, 15) is 4.79 Å². The number of piperazine rings is 1. The van der Waals surface area contributed by atoms with Gasteiger partial charge in [-0.2, -0.15) is 4.98 Å². The molecular formula is C22H26N6O3. The van der Waals surface area contributed by atoms with Gasteiger partial charge < -0.3 is 24.4 Å². The molecule has 1 aliphatic heterocycles. The van der Waals surface area contributed by atoms with Gasteiger partial charge in [0.1, 0.15) is 11.6 Å². The maximum atomic E-state index is 12.5. The lowest BCUT2D eigenvalue weighted by atomic mass is 10.2. The summed E-state index contributed by atoms with van der Waals surface area (Å²) in [4.78, 5) is 25.5. The van der Waals surface area contributed by atoms with E-state index in [0.29, 0.717) is 37.9 Å². The largest absolute Gasteiger partial charge is 0.497 e. The Morgan fingerprint density at radius 3 is 2.42 bits per heavy atom. The molecular weight excluding hydrogens is 396 g/mol. The number of hydrogen-bond acceptors (Lipinski definition) is 7. The SMILES string of the molecule is COc1ccc(NC(=O)N2CCN(c3ccc(-c4noc(C(C)C)n4)cn3)CC2)cc1. The number of nitrogens with one attached hydrogen (secondary N) is 1. The standard InChI is InChI=1S/C22H26N6O3/c1-15(2)21-25-20(26-31-21)16-4-9-19(23-14-16)27-10-12-28(13-11-27)22(29)24-17-5-7-18(30-3)8-6-17/h4-9,14-15H,10-13H2,1-3H3,(H,24,29). The minimum Gasteiger partial charge on any atom is -0.497 e. The fourth-order valence-corrected chi connectivity index (χ4v) is 3.31. The Balaban J connectivity index is 1.32. The van der Waals surface area contributed by atoms with Gasteiger partial charge in [-0.25, -0.2) is 9.78 Å². The molecule has 31 heavy (non-hydrogen) atoms. The van der Waals surface area contributed by atoms with Crippen LogP contribution < -0.4 is 15.0 Å². The summed E-state index contributed by atoms with van der Waals surface area (Å²) >= 11 is 0. The van der Waals surface area contributed by atoms with Gasteiger partial charge in [-0.15, -0.1) is 0 Å². The van der Waals surface area contributed by atoms with Gasteiger partial charge in [-0.05, 0) is 36.4 Å². The van der Waals surface area contributed by atoms with Crippen molar-refractivity contribution < 1.29 is 14.1 Å².